The summed E-state index contributed by atoms with van der Waals surface area (Å²) in [7, 11) is 3.16. The van der Waals surface area contributed by atoms with Gasteiger partial charge in [-0.25, -0.2) is 0 Å². The maximum Gasteiger partial charge on any atom is 0.244 e. The van der Waals surface area contributed by atoms with Crippen LogP contribution in [0.15, 0.2) is 53.0 Å². The third-order valence-corrected chi connectivity index (χ3v) is 4.11. The highest BCUT2D eigenvalue weighted by Gasteiger charge is 2.09. The second-order valence-corrected chi connectivity index (χ2v) is 6.11. The van der Waals surface area contributed by atoms with Crippen molar-refractivity contribution in [2.24, 2.45) is 0 Å². The summed E-state index contributed by atoms with van der Waals surface area (Å²) in [6, 6.07) is 13.3. The minimum Gasteiger partial charge on any atom is -0.493 e. The van der Waals surface area contributed by atoms with Crippen molar-refractivity contribution >= 4 is 27.9 Å². The molecule has 0 heterocycles. The van der Waals surface area contributed by atoms with E-state index in [1.54, 1.807) is 20.3 Å². The van der Waals surface area contributed by atoms with Crippen molar-refractivity contribution in [1.29, 1.82) is 0 Å². The van der Waals surface area contributed by atoms with Gasteiger partial charge in [-0.3, -0.25) is 4.79 Å². The number of rotatable bonds is 6. The minimum absolute atomic E-state index is 0.0811. The Morgan fingerprint density at radius 3 is 2.46 bits per heavy atom. The third-order valence-electron chi connectivity index (χ3n) is 3.58. The van der Waals surface area contributed by atoms with Crippen LogP contribution in [0.5, 0.6) is 11.5 Å². The fraction of sp³-hybridized carbons (Fsp3) is 0.211. The van der Waals surface area contributed by atoms with Gasteiger partial charge < -0.3 is 14.8 Å². The fourth-order valence-corrected chi connectivity index (χ4v) is 2.57. The normalized spacial score (nSPS) is 12.0. The summed E-state index contributed by atoms with van der Waals surface area (Å²) in [5.41, 5.74) is 1.82. The van der Waals surface area contributed by atoms with Gasteiger partial charge in [-0.05, 0) is 36.8 Å². The molecule has 0 saturated carbocycles. The van der Waals surface area contributed by atoms with E-state index < -0.39 is 0 Å². The van der Waals surface area contributed by atoms with Crippen molar-refractivity contribution in [3.8, 4) is 11.5 Å². The van der Waals surface area contributed by atoms with E-state index in [9.17, 15) is 4.79 Å². The summed E-state index contributed by atoms with van der Waals surface area (Å²) < 4.78 is 11.6. The quantitative estimate of drug-likeness (QED) is 0.746. The number of methoxy groups -OCH3 is 2. The zero-order chi connectivity index (χ0) is 17.5. The van der Waals surface area contributed by atoms with E-state index in [-0.39, 0.29) is 11.9 Å². The van der Waals surface area contributed by atoms with Gasteiger partial charge >= 0.3 is 0 Å². The van der Waals surface area contributed by atoms with Crippen molar-refractivity contribution in [1.82, 2.24) is 5.32 Å². The largest absolute Gasteiger partial charge is 0.493 e. The van der Waals surface area contributed by atoms with Crippen molar-refractivity contribution in [3.05, 3.63) is 64.1 Å². The van der Waals surface area contributed by atoms with Gasteiger partial charge in [-0.2, -0.15) is 0 Å². The van der Waals surface area contributed by atoms with Crippen molar-refractivity contribution in [2.75, 3.05) is 14.2 Å². The molecule has 0 aliphatic rings. The second-order valence-electron chi connectivity index (χ2n) is 5.20. The molecule has 126 valence electrons. The number of benzene rings is 2. The Labute approximate surface area is 150 Å². The fourth-order valence-electron chi connectivity index (χ4n) is 2.30. The Morgan fingerprint density at radius 1 is 1.12 bits per heavy atom. The van der Waals surface area contributed by atoms with E-state index >= 15 is 0 Å². The molecular weight excluding hydrogens is 370 g/mol. The first-order chi connectivity index (χ1) is 11.5. The molecule has 1 amide bonds. The first-order valence-electron chi connectivity index (χ1n) is 7.50. The third kappa shape index (κ3) is 4.61. The summed E-state index contributed by atoms with van der Waals surface area (Å²) in [5, 5.41) is 2.94. The molecule has 0 saturated heterocycles. The number of nitrogens with one attached hydrogen (secondary N) is 1. The first kappa shape index (κ1) is 18.1. The number of carbonyl (C=O) groups excluding carboxylic acids is 1. The second kappa shape index (κ2) is 8.55. The van der Waals surface area contributed by atoms with Crippen LogP contribution in [0.2, 0.25) is 0 Å². The molecule has 0 aliphatic heterocycles. The molecule has 0 unspecified atom stereocenters. The lowest BCUT2D eigenvalue weighted by Gasteiger charge is -2.13. The van der Waals surface area contributed by atoms with E-state index in [4.69, 9.17) is 9.47 Å². The lowest BCUT2D eigenvalue weighted by Crippen LogP contribution is -2.24. The van der Waals surface area contributed by atoms with E-state index in [1.165, 1.54) is 6.08 Å². The summed E-state index contributed by atoms with van der Waals surface area (Å²) in [6.07, 6.45) is 3.21. The SMILES string of the molecule is COc1cccc(/C=C/C(=O)N[C@@H](C)c2ccc(Br)cc2)c1OC. The highest BCUT2D eigenvalue weighted by molar-refractivity contribution is 9.10. The first-order valence-corrected chi connectivity index (χ1v) is 8.29. The molecule has 0 aromatic heterocycles. The van der Waals surface area contributed by atoms with Crippen LogP contribution in [-0.4, -0.2) is 20.1 Å². The molecular formula is C19H20BrNO3. The maximum atomic E-state index is 12.1. The van der Waals surface area contributed by atoms with Crippen LogP contribution >= 0.6 is 15.9 Å². The van der Waals surface area contributed by atoms with E-state index in [0.717, 1.165) is 15.6 Å². The molecule has 4 nitrogen and oxygen atoms in total. The maximum absolute atomic E-state index is 12.1. The van der Waals surface area contributed by atoms with Crippen LogP contribution < -0.4 is 14.8 Å². The monoisotopic (exact) mass is 389 g/mol. The van der Waals surface area contributed by atoms with Crippen molar-refractivity contribution in [3.63, 3.8) is 0 Å². The lowest BCUT2D eigenvalue weighted by molar-refractivity contribution is -0.117. The number of hydrogen-bond acceptors (Lipinski definition) is 3. The zero-order valence-corrected chi connectivity index (χ0v) is 15.5. The average Bonchev–Trinajstić information content (AvgIpc) is 2.59. The van der Waals surface area contributed by atoms with Crippen LogP contribution in [-0.2, 0) is 4.79 Å². The number of para-hydroxylation sites is 1. The summed E-state index contributed by atoms with van der Waals surface area (Å²) in [6.45, 7) is 1.95. The number of ether oxygens (including phenoxy) is 2. The van der Waals surface area contributed by atoms with Gasteiger partial charge in [0, 0.05) is 16.1 Å². The van der Waals surface area contributed by atoms with E-state index in [1.807, 2.05) is 49.4 Å². The Balaban J connectivity index is 2.06. The van der Waals surface area contributed by atoms with Gasteiger partial charge in [0.15, 0.2) is 11.5 Å². The summed E-state index contributed by atoms with van der Waals surface area (Å²) in [4.78, 5) is 12.1. The zero-order valence-electron chi connectivity index (χ0n) is 13.9. The molecule has 0 aliphatic carbocycles. The van der Waals surface area contributed by atoms with Crippen LogP contribution in [0.25, 0.3) is 6.08 Å². The Kier molecular flexibility index (Phi) is 6.44. The predicted octanol–water partition coefficient (Wildman–Crippen LogP) is 4.36. The molecule has 0 spiro atoms. The van der Waals surface area contributed by atoms with Gasteiger partial charge in [0.2, 0.25) is 5.91 Å². The molecule has 2 aromatic carbocycles. The molecule has 1 atom stereocenters. The molecule has 1 N–H and O–H groups in total. The number of amides is 1. The molecule has 5 heteroatoms. The van der Waals surface area contributed by atoms with Gasteiger partial charge in [0.1, 0.15) is 0 Å². The van der Waals surface area contributed by atoms with Crippen LogP contribution in [0.4, 0.5) is 0 Å². The number of hydrogen-bond donors (Lipinski definition) is 1. The highest BCUT2D eigenvalue weighted by Crippen LogP contribution is 2.31. The molecule has 0 radical (unpaired) electrons. The van der Waals surface area contributed by atoms with Gasteiger partial charge in [0.25, 0.3) is 0 Å². The predicted molar refractivity (Wildman–Crippen MR) is 99.3 cm³/mol. The standard InChI is InChI=1S/C19H20BrNO3/c1-13(14-7-10-16(20)11-8-14)21-18(22)12-9-15-5-4-6-17(23-2)19(15)24-3/h4-13H,1-3H3,(H,21,22)/b12-9+/t13-/m0/s1. The lowest BCUT2D eigenvalue weighted by atomic mass is 10.1. The molecule has 24 heavy (non-hydrogen) atoms. The Bertz CT molecular complexity index is 726. The average molecular weight is 390 g/mol. The minimum atomic E-state index is -0.171. The van der Waals surface area contributed by atoms with E-state index in [0.29, 0.717) is 11.5 Å². The highest BCUT2D eigenvalue weighted by atomic mass is 79.9. The number of carbonyl (C=O) groups is 1. The van der Waals surface area contributed by atoms with Crippen LogP contribution in [0.3, 0.4) is 0 Å². The Hall–Kier alpha value is -2.27. The molecule has 0 fully saturated rings. The van der Waals surface area contributed by atoms with E-state index in [2.05, 4.69) is 21.2 Å². The summed E-state index contributed by atoms with van der Waals surface area (Å²) >= 11 is 3.40. The Morgan fingerprint density at radius 2 is 1.83 bits per heavy atom. The number of halogens is 1. The van der Waals surface area contributed by atoms with Crippen LogP contribution in [0, 0.1) is 0 Å². The van der Waals surface area contributed by atoms with Crippen molar-refractivity contribution < 1.29 is 14.3 Å². The summed E-state index contributed by atoms with van der Waals surface area (Å²) in [5.74, 6) is 1.06. The molecule has 2 rings (SSSR count). The van der Waals surface area contributed by atoms with Crippen LogP contribution in [0.1, 0.15) is 24.1 Å². The van der Waals surface area contributed by atoms with Gasteiger partial charge in [0.05, 0.1) is 20.3 Å². The smallest absolute Gasteiger partial charge is 0.244 e. The molecule has 2 aromatic rings. The topological polar surface area (TPSA) is 47.6 Å². The van der Waals surface area contributed by atoms with Gasteiger partial charge in [-0.1, -0.05) is 40.2 Å². The molecule has 0 bridgehead atoms. The van der Waals surface area contributed by atoms with Crippen molar-refractivity contribution in [2.45, 2.75) is 13.0 Å². The van der Waals surface area contributed by atoms with Gasteiger partial charge in [-0.15, -0.1) is 0 Å².